The second kappa shape index (κ2) is 8.42. The molecule has 0 radical (unpaired) electrons. The zero-order valence-electron chi connectivity index (χ0n) is 15.8. The maximum atomic E-state index is 13.1. The normalized spacial score (nSPS) is 11.9. The molecule has 7 nitrogen and oxygen atoms in total. The number of halogens is 1. The first kappa shape index (κ1) is 19.7. The number of fused-ring (bicyclic) bond motifs is 1. The highest BCUT2D eigenvalue weighted by Crippen LogP contribution is 2.25. The van der Waals surface area contributed by atoms with E-state index < -0.39 is 18.0 Å². The van der Waals surface area contributed by atoms with Crippen molar-refractivity contribution >= 4 is 39.4 Å². The number of oxazole rings is 1. The Balaban J connectivity index is 1.45. The lowest BCUT2D eigenvalue weighted by atomic mass is 10.2. The molecule has 30 heavy (non-hydrogen) atoms. The van der Waals surface area contributed by atoms with Crippen LogP contribution in [0, 0.1) is 5.82 Å². The molecule has 4 aromatic rings. The lowest BCUT2D eigenvalue weighted by Crippen LogP contribution is -2.32. The number of carbonyl (C=O) groups excluding carboxylic acids is 2. The monoisotopic (exact) mass is 425 g/mol. The summed E-state index contributed by atoms with van der Waals surface area (Å²) in [7, 11) is 0. The van der Waals surface area contributed by atoms with E-state index in [-0.39, 0.29) is 17.8 Å². The smallest absolute Gasteiger partial charge is 0.341 e. The van der Waals surface area contributed by atoms with Gasteiger partial charge in [-0.1, -0.05) is 13.0 Å². The third-order valence-electron chi connectivity index (χ3n) is 4.37. The van der Waals surface area contributed by atoms with Crippen molar-refractivity contribution in [1.82, 2.24) is 9.97 Å². The molecule has 0 aliphatic rings. The molecule has 0 aliphatic carbocycles. The van der Waals surface area contributed by atoms with Gasteiger partial charge in [-0.05, 0) is 42.8 Å². The van der Waals surface area contributed by atoms with Crippen LogP contribution in [0.5, 0.6) is 0 Å². The van der Waals surface area contributed by atoms with Gasteiger partial charge in [0.2, 0.25) is 0 Å². The Morgan fingerprint density at radius 1 is 1.23 bits per heavy atom. The molecule has 0 saturated heterocycles. The first-order chi connectivity index (χ1) is 14.5. The summed E-state index contributed by atoms with van der Waals surface area (Å²) in [5, 5.41) is 4.77. The fourth-order valence-electron chi connectivity index (χ4n) is 2.84. The lowest BCUT2D eigenvalue weighted by Gasteiger charge is -2.15. The highest BCUT2D eigenvalue weighted by atomic mass is 32.1. The van der Waals surface area contributed by atoms with Gasteiger partial charge in [0, 0.05) is 10.9 Å². The van der Waals surface area contributed by atoms with Crippen LogP contribution < -0.4 is 5.32 Å². The van der Waals surface area contributed by atoms with E-state index in [4.69, 9.17) is 9.15 Å². The molecule has 2 aromatic carbocycles. The van der Waals surface area contributed by atoms with Crippen LogP contribution in [0.3, 0.4) is 0 Å². The van der Waals surface area contributed by atoms with Crippen molar-refractivity contribution in [3.8, 4) is 11.3 Å². The number of amides is 1. The van der Waals surface area contributed by atoms with Crippen LogP contribution in [0.15, 0.2) is 58.7 Å². The molecule has 1 unspecified atom stereocenters. The molecule has 4 rings (SSSR count). The van der Waals surface area contributed by atoms with E-state index in [1.165, 1.54) is 29.9 Å². The Morgan fingerprint density at radius 2 is 2.03 bits per heavy atom. The average molecular weight is 425 g/mol. The molecular formula is C21H16FN3O4S. The summed E-state index contributed by atoms with van der Waals surface area (Å²) in [4.78, 5) is 33.5. The zero-order valence-corrected chi connectivity index (χ0v) is 16.6. The van der Waals surface area contributed by atoms with Crippen LogP contribution in [-0.2, 0) is 9.53 Å². The number of nitrogens with zero attached hydrogens (tertiary/aromatic N) is 2. The number of aromatic nitrogens is 2. The standard InChI is InChI=1S/C21H16FN3O4S/c1-2-16(29-20(27)14-4-3-5-17-18(14)23-11-28-17)19(26)25-21-24-15(10-30-21)12-6-8-13(22)9-7-12/h3-11,16H,2H2,1H3,(H,24,25,26). The SMILES string of the molecule is CCC(OC(=O)c1cccc2ocnc12)C(=O)Nc1nc(-c2ccc(F)cc2)cs1. The molecule has 1 N–H and O–H groups in total. The molecule has 1 amide bonds. The third-order valence-corrected chi connectivity index (χ3v) is 5.12. The number of benzene rings is 2. The van der Waals surface area contributed by atoms with Crippen LogP contribution in [-0.4, -0.2) is 27.9 Å². The summed E-state index contributed by atoms with van der Waals surface area (Å²) in [5.41, 5.74) is 2.39. The number of ether oxygens (including phenoxy) is 1. The summed E-state index contributed by atoms with van der Waals surface area (Å²) >= 11 is 1.22. The topological polar surface area (TPSA) is 94.3 Å². The fraction of sp³-hybridized carbons (Fsp3) is 0.143. The number of para-hydroxylation sites is 1. The predicted octanol–water partition coefficient (Wildman–Crippen LogP) is 4.66. The zero-order chi connectivity index (χ0) is 21.1. The summed E-state index contributed by atoms with van der Waals surface area (Å²) in [6, 6.07) is 10.8. The summed E-state index contributed by atoms with van der Waals surface area (Å²) in [6.45, 7) is 1.74. The quantitative estimate of drug-likeness (QED) is 0.452. The van der Waals surface area contributed by atoms with E-state index in [0.717, 1.165) is 5.56 Å². The van der Waals surface area contributed by atoms with Gasteiger partial charge < -0.3 is 9.15 Å². The van der Waals surface area contributed by atoms with Gasteiger partial charge in [0.25, 0.3) is 5.91 Å². The number of thiazole rings is 1. The van der Waals surface area contributed by atoms with Gasteiger partial charge in [-0.25, -0.2) is 19.2 Å². The molecule has 0 aliphatic heterocycles. The minimum Gasteiger partial charge on any atom is -0.449 e. The van der Waals surface area contributed by atoms with Crippen molar-refractivity contribution < 1.29 is 23.1 Å². The number of esters is 1. The summed E-state index contributed by atoms with van der Waals surface area (Å²) in [5.74, 6) is -1.49. The van der Waals surface area contributed by atoms with Crippen LogP contribution in [0.2, 0.25) is 0 Å². The maximum absolute atomic E-state index is 13.1. The molecule has 1 atom stereocenters. The highest BCUT2D eigenvalue weighted by Gasteiger charge is 2.24. The number of anilines is 1. The van der Waals surface area contributed by atoms with E-state index in [0.29, 0.717) is 21.9 Å². The van der Waals surface area contributed by atoms with Gasteiger partial charge in [0.1, 0.15) is 11.3 Å². The van der Waals surface area contributed by atoms with E-state index in [2.05, 4.69) is 15.3 Å². The summed E-state index contributed by atoms with van der Waals surface area (Å²) < 4.78 is 23.7. The Kier molecular flexibility index (Phi) is 5.53. The van der Waals surface area contributed by atoms with E-state index >= 15 is 0 Å². The minimum atomic E-state index is -1.00. The van der Waals surface area contributed by atoms with Gasteiger partial charge in [0.15, 0.2) is 23.2 Å². The van der Waals surface area contributed by atoms with Gasteiger partial charge in [-0.15, -0.1) is 11.3 Å². The first-order valence-electron chi connectivity index (χ1n) is 9.10. The second-order valence-corrected chi connectivity index (χ2v) is 7.20. The maximum Gasteiger partial charge on any atom is 0.341 e. The van der Waals surface area contributed by atoms with Crippen LogP contribution in [0.4, 0.5) is 9.52 Å². The Bertz CT molecular complexity index is 1200. The van der Waals surface area contributed by atoms with Crippen molar-refractivity contribution in [1.29, 1.82) is 0 Å². The number of rotatable bonds is 6. The van der Waals surface area contributed by atoms with Gasteiger partial charge >= 0.3 is 5.97 Å². The fourth-order valence-corrected chi connectivity index (χ4v) is 3.56. The number of nitrogens with one attached hydrogen (secondary N) is 1. The van der Waals surface area contributed by atoms with Crippen molar-refractivity contribution in [3.63, 3.8) is 0 Å². The number of hydrogen-bond donors (Lipinski definition) is 1. The minimum absolute atomic E-state index is 0.223. The van der Waals surface area contributed by atoms with Crippen molar-refractivity contribution in [2.75, 3.05) is 5.32 Å². The van der Waals surface area contributed by atoms with Gasteiger partial charge in [0.05, 0.1) is 11.3 Å². The first-order valence-corrected chi connectivity index (χ1v) is 9.98. The Labute approximate surface area is 174 Å². The Morgan fingerprint density at radius 3 is 2.80 bits per heavy atom. The van der Waals surface area contributed by atoms with Crippen LogP contribution in [0.25, 0.3) is 22.4 Å². The van der Waals surface area contributed by atoms with Crippen molar-refractivity contribution in [2.45, 2.75) is 19.4 Å². The van der Waals surface area contributed by atoms with E-state index in [1.807, 2.05) is 0 Å². The molecule has 152 valence electrons. The van der Waals surface area contributed by atoms with Crippen LogP contribution in [0.1, 0.15) is 23.7 Å². The highest BCUT2D eigenvalue weighted by molar-refractivity contribution is 7.14. The van der Waals surface area contributed by atoms with Gasteiger partial charge in [-0.3, -0.25) is 10.1 Å². The molecule has 2 heterocycles. The lowest BCUT2D eigenvalue weighted by molar-refractivity contribution is -0.124. The van der Waals surface area contributed by atoms with Crippen LogP contribution >= 0.6 is 11.3 Å². The molecule has 0 fully saturated rings. The Hall–Kier alpha value is -3.59. The van der Waals surface area contributed by atoms with Gasteiger partial charge in [-0.2, -0.15) is 0 Å². The van der Waals surface area contributed by atoms with Crippen molar-refractivity contribution in [3.05, 3.63) is 65.6 Å². The summed E-state index contributed by atoms with van der Waals surface area (Å²) in [6.07, 6.45) is 0.521. The molecular weight excluding hydrogens is 409 g/mol. The molecule has 9 heteroatoms. The van der Waals surface area contributed by atoms with Crippen molar-refractivity contribution in [2.24, 2.45) is 0 Å². The van der Waals surface area contributed by atoms with E-state index in [9.17, 15) is 14.0 Å². The molecule has 0 saturated carbocycles. The predicted molar refractivity (Wildman–Crippen MR) is 110 cm³/mol. The molecule has 0 bridgehead atoms. The molecule has 0 spiro atoms. The largest absolute Gasteiger partial charge is 0.449 e. The molecule has 2 aromatic heterocycles. The number of carbonyl (C=O) groups is 2. The second-order valence-electron chi connectivity index (χ2n) is 6.34. The third kappa shape index (κ3) is 4.06. The number of hydrogen-bond acceptors (Lipinski definition) is 7. The van der Waals surface area contributed by atoms with E-state index in [1.54, 1.807) is 42.6 Å². The average Bonchev–Trinajstić information content (AvgIpc) is 3.41.